The Morgan fingerprint density at radius 3 is 2.48 bits per heavy atom. The number of alkyl halides is 1. The lowest BCUT2D eigenvalue weighted by atomic mass is 10.1. The molecule has 2 aromatic carbocycles. The molecule has 0 saturated heterocycles. The van der Waals surface area contributed by atoms with Crippen LogP contribution in [0.1, 0.15) is 23.5 Å². The average molecular weight is 300 g/mol. The molecule has 2 nitrogen and oxygen atoms in total. The molecule has 1 fully saturated rings. The molecular weight excluding hydrogens is 282 g/mol. The van der Waals surface area contributed by atoms with Crippen LogP contribution in [-0.4, -0.2) is 11.8 Å². The Labute approximate surface area is 130 Å². The first-order valence-corrected chi connectivity index (χ1v) is 7.82. The maximum Gasteiger partial charge on any atom is 0.228 e. The minimum Gasteiger partial charge on any atom is -0.326 e. The smallest absolute Gasteiger partial charge is 0.228 e. The molecule has 2 atom stereocenters. The van der Waals surface area contributed by atoms with Crippen LogP contribution >= 0.6 is 11.6 Å². The average Bonchev–Trinajstić information content (AvgIpc) is 3.31. The van der Waals surface area contributed by atoms with E-state index in [0.29, 0.717) is 11.8 Å². The maximum absolute atomic E-state index is 12.2. The van der Waals surface area contributed by atoms with Gasteiger partial charge in [0.1, 0.15) is 0 Å². The fourth-order valence-electron chi connectivity index (χ4n) is 2.65. The van der Waals surface area contributed by atoms with Gasteiger partial charge in [0.15, 0.2) is 0 Å². The third-order valence-corrected chi connectivity index (χ3v) is 4.15. The number of nitrogens with one attached hydrogen (secondary N) is 1. The van der Waals surface area contributed by atoms with Crippen LogP contribution in [0.25, 0.3) is 0 Å². The summed E-state index contributed by atoms with van der Waals surface area (Å²) in [5.74, 6) is 1.22. The summed E-state index contributed by atoms with van der Waals surface area (Å²) in [7, 11) is 0. The second-order valence-electron chi connectivity index (χ2n) is 5.48. The van der Waals surface area contributed by atoms with E-state index in [1.807, 2.05) is 42.5 Å². The van der Waals surface area contributed by atoms with Gasteiger partial charge in [-0.15, -0.1) is 11.6 Å². The number of halogens is 1. The van der Waals surface area contributed by atoms with Gasteiger partial charge in [0, 0.05) is 17.5 Å². The molecule has 0 heterocycles. The van der Waals surface area contributed by atoms with Gasteiger partial charge in [-0.2, -0.15) is 0 Å². The number of benzene rings is 2. The van der Waals surface area contributed by atoms with Crippen molar-refractivity contribution in [3.8, 4) is 0 Å². The molecule has 3 rings (SSSR count). The monoisotopic (exact) mass is 299 g/mol. The highest BCUT2D eigenvalue weighted by Crippen LogP contribution is 2.47. The van der Waals surface area contributed by atoms with Crippen molar-refractivity contribution in [3.63, 3.8) is 0 Å². The van der Waals surface area contributed by atoms with E-state index in [-0.39, 0.29) is 11.8 Å². The lowest BCUT2D eigenvalue weighted by Crippen LogP contribution is -2.14. The highest BCUT2D eigenvalue weighted by molar-refractivity contribution is 6.18. The number of carbonyl (C=O) groups excluding carboxylic acids is 1. The van der Waals surface area contributed by atoms with Crippen molar-refractivity contribution in [1.82, 2.24) is 0 Å². The number of hydrogen-bond donors (Lipinski definition) is 1. The van der Waals surface area contributed by atoms with Crippen molar-refractivity contribution in [2.24, 2.45) is 5.92 Å². The van der Waals surface area contributed by atoms with Crippen LogP contribution in [0.3, 0.4) is 0 Å². The minimum absolute atomic E-state index is 0.106. The fraction of sp³-hybridized carbons (Fsp3) is 0.278. The van der Waals surface area contributed by atoms with Crippen LogP contribution < -0.4 is 5.32 Å². The third kappa shape index (κ3) is 3.45. The first-order valence-electron chi connectivity index (χ1n) is 7.28. The zero-order valence-corrected chi connectivity index (χ0v) is 12.5. The zero-order chi connectivity index (χ0) is 14.7. The molecule has 3 heteroatoms. The predicted octanol–water partition coefficient (Wildman–Crippen LogP) is 4.21. The second-order valence-corrected chi connectivity index (χ2v) is 5.86. The van der Waals surface area contributed by atoms with Crippen LogP contribution in [0.2, 0.25) is 0 Å². The molecule has 1 saturated carbocycles. The molecule has 0 aliphatic heterocycles. The molecule has 0 bridgehead atoms. The minimum atomic E-state index is 0.106. The summed E-state index contributed by atoms with van der Waals surface area (Å²) >= 11 is 5.71. The SMILES string of the molecule is O=C(Nc1ccc(CCCl)cc1)C1CC1c1ccccc1. The molecule has 1 N–H and O–H groups in total. The van der Waals surface area contributed by atoms with Crippen molar-refractivity contribution in [2.45, 2.75) is 18.8 Å². The van der Waals surface area contributed by atoms with Crippen molar-refractivity contribution in [1.29, 1.82) is 0 Å². The molecule has 108 valence electrons. The molecule has 1 amide bonds. The summed E-state index contributed by atoms with van der Waals surface area (Å²) in [6, 6.07) is 18.2. The summed E-state index contributed by atoms with van der Waals surface area (Å²) in [6.45, 7) is 0. The fourth-order valence-corrected chi connectivity index (χ4v) is 2.87. The Bertz CT molecular complexity index is 609. The summed E-state index contributed by atoms with van der Waals surface area (Å²) in [5.41, 5.74) is 3.31. The molecule has 1 aliphatic rings. The largest absolute Gasteiger partial charge is 0.326 e. The van der Waals surface area contributed by atoms with Gasteiger partial charge >= 0.3 is 0 Å². The van der Waals surface area contributed by atoms with Gasteiger partial charge < -0.3 is 5.32 Å². The van der Waals surface area contributed by atoms with E-state index in [2.05, 4.69) is 17.4 Å². The van der Waals surface area contributed by atoms with E-state index in [1.165, 1.54) is 11.1 Å². The van der Waals surface area contributed by atoms with Crippen LogP contribution in [0, 0.1) is 5.92 Å². The molecule has 0 radical (unpaired) electrons. The summed E-state index contributed by atoms with van der Waals surface area (Å²) < 4.78 is 0. The Balaban J connectivity index is 1.58. The predicted molar refractivity (Wildman–Crippen MR) is 86.8 cm³/mol. The highest BCUT2D eigenvalue weighted by atomic mass is 35.5. The van der Waals surface area contributed by atoms with E-state index < -0.39 is 0 Å². The van der Waals surface area contributed by atoms with Gasteiger partial charge in [0.05, 0.1) is 0 Å². The van der Waals surface area contributed by atoms with Crippen LogP contribution in [0.15, 0.2) is 54.6 Å². The molecule has 1 aliphatic carbocycles. The van der Waals surface area contributed by atoms with Gasteiger partial charge in [-0.05, 0) is 42.0 Å². The van der Waals surface area contributed by atoms with Crippen LogP contribution in [0.5, 0.6) is 0 Å². The van der Waals surface area contributed by atoms with Gasteiger partial charge in [-0.1, -0.05) is 42.5 Å². The maximum atomic E-state index is 12.2. The van der Waals surface area contributed by atoms with Gasteiger partial charge in [-0.3, -0.25) is 4.79 Å². The number of anilines is 1. The Morgan fingerprint density at radius 2 is 1.81 bits per heavy atom. The molecule has 0 aromatic heterocycles. The number of amides is 1. The summed E-state index contributed by atoms with van der Waals surface area (Å²) in [6.07, 6.45) is 1.80. The Morgan fingerprint density at radius 1 is 1.10 bits per heavy atom. The van der Waals surface area contributed by atoms with E-state index in [1.54, 1.807) is 0 Å². The molecular formula is C18H18ClNO. The Hall–Kier alpha value is -1.80. The van der Waals surface area contributed by atoms with Crippen LogP contribution in [-0.2, 0) is 11.2 Å². The van der Waals surface area contributed by atoms with Crippen molar-refractivity contribution in [2.75, 3.05) is 11.2 Å². The van der Waals surface area contributed by atoms with E-state index in [4.69, 9.17) is 11.6 Å². The number of aryl methyl sites for hydroxylation is 1. The highest BCUT2D eigenvalue weighted by Gasteiger charge is 2.43. The Kier molecular flexibility index (Phi) is 4.26. The van der Waals surface area contributed by atoms with E-state index in [0.717, 1.165) is 18.5 Å². The lowest BCUT2D eigenvalue weighted by molar-refractivity contribution is -0.117. The first kappa shape index (κ1) is 14.2. The third-order valence-electron chi connectivity index (χ3n) is 3.96. The van der Waals surface area contributed by atoms with Crippen molar-refractivity contribution < 1.29 is 4.79 Å². The van der Waals surface area contributed by atoms with Crippen LogP contribution in [0.4, 0.5) is 5.69 Å². The molecule has 21 heavy (non-hydrogen) atoms. The number of carbonyl (C=O) groups is 1. The second kappa shape index (κ2) is 6.31. The number of rotatable bonds is 5. The lowest BCUT2D eigenvalue weighted by Gasteiger charge is -2.06. The summed E-state index contributed by atoms with van der Waals surface area (Å²) in [5, 5.41) is 3.00. The molecule has 0 spiro atoms. The normalized spacial score (nSPS) is 20.0. The quantitative estimate of drug-likeness (QED) is 0.823. The van der Waals surface area contributed by atoms with Gasteiger partial charge in [-0.25, -0.2) is 0 Å². The first-order chi connectivity index (χ1) is 10.3. The topological polar surface area (TPSA) is 29.1 Å². The standard InChI is InChI=1S/C18H18ClNO/c19-11-10-13-6-8-15(9-7-13)20-18(21)17-12-16(17)14-4-2-1-3-5-14/h1-9,16-17H,10-12H2,(H,20,21). The van der Waals surface area contributed by atoms with Gasteiger partial charge in [0.25, 0.3) is 0 Å². The van der Waals surface area contributed by atoms with Gasteiger partial charge in [0.2, 0.25) is 5.91 Å². The van der Waals surface area contributed by atoms with E-state index >= 15 is 0 Å². The summed E-state index contributed by atoms with van der Waals surface area (Å²) in [4.78, 5) is 12.2. The molecule has 2 aromatic rings. The zero-order valence-electron chi connectivity index (χ0n) is 11.8. The molecule has 2 unspecified atom stereocenters. The van der Waals surface area contributed by atoms with Crippen molar-refractivity contribution in [3.05, 3.63) is 65.7 Å². The van der Waals surface area contributed by atoms with E-state index in [9.17, 15) is 4.79 Å². The number of hydrogen-bond acceptors (Lipinski definition) is 1. The van der Waals surface area contributed by atoms with Crippen molar-refractivity contribution >= 4 is 23.2 Å².